The highest BCUT2D eigenvalue weighted by Crippen LogP contribution is 2.26. The molecule has 1 saturated heterocycles. The molecule has 1 atom stereocenters. The van der Waals surface area contributed by atoms with Crippen LogP contribution in [-0.2, 0) is 0 Å². The van der Waals surface area contributed by atoms with E-state index in [2.05, 4.69) is 37.9 Å². The van der Waals surface area contributed by atoms with Crippen LogP contribution in [0.2, 0.25) is 0 Å². The summed E-state index contributed by atoms with van der Waals surface area (Å²) < 4.78 is 5.81. The topological polar surface area (TPSA) is 24.5 Å². The molecular formula is C18H30N2O. The molecule has 0 spiro atoms. The van der Waals surface area contributed by atoms with Crippen LogP contribution in [0.1, 0.15) is 40.5 Å². The molecule has 0 bridgehead atoms. The van der Waals surface area contributed by atoms with Crippen molar-refractivity contribution in [1.82, 2.24) is 10.2 Å². The molecule has 0 aromatic heterocycles. The van der Waals surface area contributed by atoms with Gasteiger partial charge in [-0.3, -0.25) is 4.90 Å². The number of hydrogen-bond donors (Lipinski definition) is 1. The Labute approximate surface area is 129 Å². The molecule has 1 N–H and O–H groups in total. The van der Waals surface area contributed by atoms with Gasteiger partial charge in [0.05, 0.1) is 6.61 Å². The van der Waals surface area contributed by atoms with Gasteiger partial charge in [0.25, 0.3) is 0 Å². The molecular weight excluding hydrogens is 260 g/mol. The van der Waals surface area contributed by atoms with E-state index >= 15 is 0 Å². The van der Waals surface area contributed by atoms with Gasteiger partial charge in [-0.25, -0.2) is 0 Å². The summed E-state index contributed by atoms with van der Waals surface area (Å²) in [6.07, 6.45) is 2.25. The van der Waals surface area contributed by atoms with E-state index in [4.69, 9.17) is 4.74 Å². The van der Waals surface area contributed by atoms with Crippen LogP contribution in [0.25, 0.3) is 0 Å². The molecule has 0 saturated carbocycles. The first kappa shape index (κ1) is 16.3. The van der Waals surface area contributed by atoms with Gasteiger partial charge < -0.3 is 10.1 Å². The van der Waals surface area contributed by atoms with Crippen molar-refractivity contribution < 1.29 is 4.74 Å². The van der Waals surface area contributed by atoms with E-state index in [1.807, 2.05) is 30.3 Å². The van der Waals surface area contributed by atoms with E-state index in [0.29, 0.717) is 0 Å². The quantitative estimate of drug-likeness (QED) is 0.814. The normalized spacial score (nSPS) is 25.7. The number of ether oxygens (including phenoxy) is 1. The summed E-state index contributed by atoms with van der Waals surface area (Å²) in [5, 5.41) is 3.67. The fourth-order valence-electron chi connectivity index (χ4n) is 2.93. The van der Waals surface area contributed by atoms with E-state index in [1.165, 1.54) is 6.42 Å². The van der Waals surface area contributed by atoms with Crippen molar-refractivity contribution in [2.75, 3.05) is 26.2 Å². The molecule has 21 heavy (non-hydrogen) atoms. The Balaban J connectivity index is 1.82. The van der Waals surface area contributed by atoms with Gasteiger partial charge in [-0.15, -0.1) is 0 Å². The maximum absolute atomic E-state index is 5.81. The number of nitrogens with zero attached hydrogens (tertiary/aromatic N) is 1. The van der Waals surface area contributed by atoms with Gasteiger partial charge in [-0.05, 0) is 45.7 Å². The Morgan fingerprint density at radius 3 is 2.57 bits per heavy atom. The molecule has 1 fully saturated rings. The van der Waals surface area contributed by atoms with Crippen LogP contribution < -0.4 is 10.1 Å². The average Bonchev–Trinajstić information content (AvgIpc) is 2.48. The van der Waals surface area contributed by atoms with Crippen molar-refractivity contribution in [3.05, 3.63) is 30.3 Å². The summed E-state index contributed by atoms with van der Waals surface area (Å²) in [4.78, 5) is 2.64. The standard InChI is InChI=1S/C18H30N2O/c1-5-18(4)14-19-17(2,3)15-20(18)12-9-13-21-16-10-7-6-8-11-16/h6-8,10-11,19H,5,9,12-15H2,1-4H3. The molecule has 2 rings (SSSR count). The summed E-state index contributed by atoms with van der Waals surface area (Å²) in [5.41, 5.74) is 0.469. The first-order chi connectivity index (χ1) is 9.95. The predicted molar refractivity (Wildman–Crippen MR) is 88.9 cm³/mol. The Kier molecular flexibility index (Phi) is 5.28. The minimum absolute atomic E-state index is 0.203. The van der Waals surface area contributed by atoms with Crippen molar-refractivity contribution in [2.24, 2.45) is 0 Å². The number of nitrogens with one attached hydrogen (secondary N) is 1. The van der Waals surface area contributed by atoms with Crippen molar-refractivity contribution in [3.8, 4) is 5.75 Å². The molecule has 1 heterocycles. The molecule has 0 aliphatic carbocycles. The van der Waals surface area contributed by atoms with Crippen LogP contribution in [0, 0.1) is 0 Å². The highest BCUT2D eigenvalue weighted by atomic mass is 16.5. The van der Waals surface area contributed by atoms with Gasteiger partial charge in [-0.2, -0.15) is 0 Å². The van der Waals surface area contributed by atoms with Crippen LogP contribution in [0.5, 0.6) is 5.75 Å². The van der Waals surface area contributed by atoms with Gasteiger partial charge in [0.2, 0.25) is 0 Å². The number of piperazine rings is 1. The van der Waals surface area contributed by atoms with E-state index in [9.17, 15) is 0 Å². The predicted octanol–water partition coefficient (Wildman–Crippen LogP) is 3.31. The third-order valence-electron chi connectivity index (χ3n) is 4.64. The minimum Gasteiger partial charge on any atom is -0.494 e. The number of rotatable bonds is 6. The van der Waals surface area contributed by atoms with Gasteiger partial charge in [0.15, 0.2) is 0 Å². The lowest BCUT2D eigenvalue weighted by atomic mass is 9.88. The van der Waals surface area contributed by atoms with Gasteiger partial charge in [0, 0.05) is 30.7 Å². The van der Waals surface area contributed by atoms with Crippen LogP contribution in [0.15, 0.2) is 30.3 Å². The fourth-order valence-corrected chi connectivity index (χ4v) is 2.93. The van der Waals surface area contributed by atoms with Crippen LogP contribution in [0.4, 0.5) is 0 Å². The zero-order valence-corrected chi connectivity index (χ0v) is 14.0. The molecule has 1 aliphatic heterocycles. The smallest absolute Gasteiger partial charge is 0.119 e. The third-order valence-corrected chi connectivity index (χ3v) is 4.64. The van der Waals surface area contributed by atoms with Crippen molar-refractivity contribution in [3.63, 3.8) is 0 Å². The molecule has 3 nitrogen and oxygen atoms in total. The molecule has 1 aromatic rings. The lowest BCUT2D eigenvalue weighted by molar-refractivity contribution is 0.0209. The summed E-state index contributed by atoms with van der Waals surface area (Å²) in [6.45, 7) is 13.3. The van der Waals surface area contributed by atoms with E-state index in [1.54, 1.807) is 0 Å². The van der Waals surface area contributed by atoms with Crippen molar-refractivity contribution in [2.45, 2.75) is 51.6 Å². The summed E-state index contributed by atoms with van der Waals surface area (Å²) in [6, 6.07) is 10.1. The highest BCUT2D eigenvalue weighted by molar-refractivity contribution is 5.20. The average molecular weight is 290 g/mol. The lowest BCUT2D eigenvalue weighted by Crippen LogP contribution is -2.67. The summed E-state index contributed by atoms with van der Waals surface area (Å²) >= 11 is 0. The Hall–Kier alpha value is -1.06. The molecule has 0 amide bonds. The summed E-state index contributed by atoms with van der Waals surface area (Å²) in [7, 11) is 0. The third kappa shape index (κ3) is 4.45. The molecule has 1 aliphatic rings. The van der Waals surface area contributed by atoms with E-state index in [0.717, 1.165) is 38.4 Å². The molecule has 118 valence electrons. The van der Waals surface area contributed by atoms with Gasteiger partial charge in [-0.1, -0.05) is 25.1 Å². The monoisotopic (exact) mass is 290 g/mol. The van der Waals surface area contributed by atoms with E-state index < -0.39 is 0 Å². The first-order valence-corrected chi connectivity index (χ1v) is 8.13. The minimum atomic E-state index is 0.203. The number of para-hydroxylation sites is 1. The van der Waals surface area contributed by atoms with Crippen LogP contribution in [-0.4, -0.2) is 42.2 Å². The molecule has 3 heteroatoms. The van der Waals surface area contributed by atoms with Crippen LogP contribution in [0.3, 0.4) is 0 Å². The molecule has 0 radical (unpaired) electrons. The largest absolute Gasteiger partial charge is 0.494 e. The maximum atomic E-state index is 5.81. The van der Waals surface area contributed by atoms with E-state index in [-0.39, 0.29) is 11.1 Å². The Bertz CT molecular complexity index is 432. The second kappa shape index (κ2) is 6.80. The Morgan fingerprint density at radius 1 is 1.19 bits per heavy atom. The number of hydrogen-bond acceptors (Lipinski definition) is 3. The zero-order chi connectivity index (χ0) is 15.3. The van der Waals surface area contributed by atoms with Gasteiger partial charge in [0.1, 0.15) is 5.75 Å². The first-order valence-electron chi connectivity index (χ1n) is 8.13. The fraction of sp³-hybridized carbons (Fsp3) is 0.667. The zero-order valence-electron chi connectivity index (χ0n) is 14.0. The second-order valence-corrected chi connectivity index (χ2v) is 7.02. The SMILES string of the molecule is CCC1(C)CNC(C)(C)CN1CCCOc1ccccc1. The van der Waals surface area contributed by atoms with Crippen molar-refractivity contribution >= 4 is 0 Å². The number of benzene rings is 1. The van der Waals surface area contributed by atoms with Crippen molar-refractivity contribution in [1.29, 1.82) is 0 Å². The molecule has 1 aromatic carbocycles. The summed E-state index contributed by atoms with van der Waals surface area (Å²) in [5.74, 6) is 0.969. The Morgan fingerprint density at radius 2 is 1.90 bits per heavy atom. The highest BCUT2D eigenvalue weighted by Gasteiger charge is 2.38. The lowest BCUT2D eigenvalue weighted by Gasteiger charge is -2.51. The van der Waals surface area contributed by atoms with Crippen LogP contribution >= 0.6 is 0 Å². The second-order valence-electron chi connectivity index (χ2n) is 7.02. The maximum Gasteiger partial charge on any atom is 0.119 e. The van der Waals surface area contributed by atoms with Gasteiger partial charge >= 0.3 is 0 Å². The molecule has 1 unspecified atom stereocenters.